The van der Waals surface area contributed by atoms with Crippen molar-refractivity contribution in [2.24, 2.45) is 11.1 Å². The van der Waals surface area contributed by atoms with Crippen molar-refractivity contribution in [2.75, 3.05) is 0 Å². The van der Waals surface area contributed by atoms with Gasteiger partial charge in [-0.15, -0.1) is 5.10 Å². The summed E-state index contributed by atoms with van der Waals surface area (Å²) >= 11 is 18.0. The van der Waals surface area contributed by atoms with Gasteiger partial charge in [0.1, 0.15) is 18.0 Å². The first-order chi connectivity index (χ1) is 13.1. The van der Waals surface area contributed by atoms with Gasteiger partial charge in [0.25, 0.3) is 0 Å². The normalized spacial score (nSPS) is 14.4. The lowest BCUT2D eigenvalue weighted by Gasteiger charge is -2.04. The molecule has 5 nitrogen and oxygen atoms in total. The number of hydrogen-bond acceptors (Lipinski definition) is 4. The Labute approximate surface area is 171 Å². The third-order valence-electron chi connectivity index (χ3n) is 4.19. The van der Waals surface area contributed by atoms with E-state index in [2.05, 4.69) is 15.5 Å². The van der Waals surface area contributed by atoms with Gasteiger partial charge in [0, 0.05) is 10.9 Å². The Hall–Kier alpha value is -2.08. The van der Waals surface area contributed by atoms with Crippen molar-refractivity contribution in [1.82, 2.24) is 15.0 Å². The molecule has 1 aliphatic rings. The number of aromatic nitrogens is 3. The van der Waals surface area contributed by atoms with Crippen molar-refractivity contribution in [3.63, 3.8) is 0 Å². The van der Waals surface area contributed by atoms with Crippen LogP contribution in [0.4, 0.5) is 0 Å². The van der Waals surface area contributed by atoms with E-state index in [0.29, 0.717) is 33.3 Å². The quantitative estimate of drug-likeness (QED) is 0.387. The van der Waals surface area contributed by atoms with Crippen molar-refractivity contribution < 1.29 is 4.84 Å². The molecule has 0 atom stereocenters. The molecule has 0 N–H and O–H groups in total. The molecule has 0 radical (unpaired) electrons. The highest BCUT2D eigenvalue weighted by Gasteiger charge is 2.31. The SMILES string of the molecule is Clc1ccc(CO/N=C(/c2cn(-c3ccc(Cl)c(Cl)c3)nn2)C2CC2)cc1. The molecule has 1 aliphatic carbocycles. The van der Waals surface area contributed by atoms with Crippen LogP contribution in [0.25, 0.3) is 5.69 Å². The van der Waals surface area contributed by atoms with E-state index in [1.807, 2.05) is 36.5 Å². The van der Waals surface area contributed by atoms with E-state index in [1.54, 1.807) is 16.8 Å². The maximum atomic E-state index is 6.08. The zero-order valence-corrected chi connectivity index (χ0v) is 16.4. The molecule has 0 spiro atoms. The molecule has 0 amide bonds. The zero-order valence-electron chi connectivity index (χ0n) is 14.1. The van der Waals surface area contributed by atoms with Gasteiger partial charge < -0.3 is 4.84 Å². The molecule has 2 aromatic carbocycles. The van der Waals surface area contributed by atoms with Crippen molar-refractivity contribution in [3.8, 4) is 5.69 Å². The summed E-state index contributed by atoms with van der Waals surface area (Å²) in [6, 6.07) is 12.8. The molecule has 0 aliphatic heterocycles. The molecule has 27 heavy (non-hydrogen) atoms. The van der Waals surface area contributed by atoms with Crippen LogP contribution in [-0.2, 0) is 11.4 Å². The second-order valence-electron chi connectivity index (χ2n) is 6.30. The van der Waals surface area contributed by atoms with Crippen LogP contribution in [-0.4, -0.2) is 20.7 Å². The Bertz CT molecular complexity index is 981. The number of hydrogen-bond donors (Lipinski definition) is 0. The van der Waals surface area contributed by atoms with Gasteiger partial charge in [0.15, 0.2) is 0 Å². The highest BCUT2D eigenvalue weighted by Crippen LogP contribution is 2.33. The first-order valence-corrected chi connectivity index (χ1v) is 9.56. The summed E-state index contributed by atoms with van der Waals surface area (Å²) in [5.74, 6) is 0.356. The van der Waals surface area contributed by atoms with E-state index in [9.17, 15) is 0 Å². The van der Waals surface area contributed by atoms with Gasteiger partial charge in [-0.05, 0) is 48.7 Å². The van der Waals surface area contributed by atoms with Crippen LogP contribution >= 0.6 is 34.8 Å². The van der Waals surface area contributed by atoms with Crippen LogP contribution in [0, 0.1) is 5.92 Å². The lowest BCUT2D eigenvalue weighted by Crippen LogP contribution is -2.05. The minimum atomic E-state index is 0.356. The topological polar surface area (TPSA) is 52.3 Å². The standard InChI is InChI=1S/C19H15Cl3N4O/c20-14-5-1-12(2-6-14)11-27-24-19(13-3-4-13)18-10-26(25-23-18)15-7-8-16(21)17(22)9-15/h1-2,5-10,13H,3-4,11H2/b24-19+. The third kappa shape index (κ3) is 4.43. The van der Waals surface area contributed by atoms with Crippen LogP contribution in [0.2, 0.25) is 15.1 Å². The van der Waals surface area contributed by atoms with Gasteiger partial charge in [-0.2, -0.15) is 0 Å². The fourth-order valence-corrected chi connectivity index (χ4v) is 3.00. The summed E-state index contributed by atoms with van der Waals surface area (Å²) in [5.41, 5.74) is 3.29. The monoisotopic (exact) mass is 420 g/mol. The summed E-state index contributed by atoms with van der Waals surface area (Å²) in [5, 5.41) is 14.4. The van der Waals surface area contributed by atoms with Crippen LogP contribution in [0.1, 0.15) is 24.1 Å². The van der Waals surface area contributed by atoms with Crippen molar-refractivity contribution in [1.29, 1.82) is 0 Å². The van der Waals surface area contributed by atoms with E-state index in [1.165, 1.54) is 0 Å². The zero-order chi connectivity index (χ0) is 18.8. The molecule has 0 saturated heterocycles. The highest BCUT2D eigenvalue weighted by atomic mass is 35.5. The van der Waals surface area contributed by atoms with Crippen molar-refractivity contribution >= 4 is 40.5 Å². The summed E-state index contributed by atoms with van der Waals surface area (Å²) in [4.78, 5) is 5.56. The van der Waals surface area contributed by atoms with Gasteiger partial charge in [0.2, 0.25) is 0 Å². The van der Waals surface area contributed by atoms with Gasteiger partial charge in [0.05, 0.1) is 21.9 Å². The first-order valence-electron chi connectivity index (χ1n) is 8.42. The Morgan fingerprint density at radius 3 is 2.56 bits per heavy atom. The number of nitrogens with zero attached hydrogens (tertiary/aromatic N) is 4. The molecule has 3 aromatic rings. The van der Waals surface area contributed by atoms with E-state index in [0.717, 1.165) is 29.8 Å². The lowest BCUT2D eigenvalue weighted by atomic mass is 10.2. The molecule has 0 bridgehead atoms. The van der Waals surface area contributed by atoms with E-state index < -0.39 is 0 Å². The number of benzene rings is 2. The van der Waals surface area contributed by atoms with Crippen LogP contribution in [0.15, 0.2) is 53.8 Å². The predicted molar refractivity (Wildman–Crippen MR) is 107 cm³/mol. The summed E-state index contributed by atoms with van der Waals surface area (Å²) in [6.07, 6.45) is 3.97. The van der Waals surface area contributed by atoms with Crippen molar-refractivity contribution in [2.45, 2.75) is 19.4 Å². The molecule has 8 heteroatoms. The van der Waals surface area contributed by atoms with Crippen LogP contribution in [0.3, 0.4) is 0 Å². The Balaban J connectivity index is 1.51. The van der Waals surface area contributed by atoms with Crippen LogP contribution < -0.4 is 0 Å². The minimum Gasteiger partial charge on any atom is -0.391 e. The maximum Gasteiger partial charge on any atom is 0.142 e. The molecule has 1 fully saturated rings. The fraction of sp³-hybridized carbons (Fsp3) is 0.211. The largest absolute Gasteiger partial charge is 0.391 e. The van der Waals surface area contributed by atoms with Crippen LogP contribution in [0.5, 0.6) is 0 Å². The third-order valence-corrected chi connectivity index (χ3v) is 5.19. The van der Waals surface area contributed by atoms with Crippen molar-refractivity contribution in [3.05, 3.63) is 75.0 Å². The Morgan fingerprint density at radius 1 is 1.07 bits per heavy atom. The smallest absolute Gasteiger partial charge is 0.142 e. The Morgan fingerprint density at radius 2 is 1.85 bits per heavy atom. The lowest BCUT2D eigenvalue weighted by molar-refractivity contribution is 0.130. The summed E-state index contributed by atoms with van der Waals surface area (Å²) in [6.45, 7) is 0.369. The first kappa shape index (κ1) is 18.3. The van der Waals surface area contributed by atoms with E-state index >= 15 is 0 Å². The average molecular weight is 422 g/mol. The summed E-state index contributed by atoms with van der Waals surface area (Å²) in [7, 11) is 0. The number of halogens is 3. The average Bonchev–Trinajstić information content (AvgIpc) is 3.39. The molecule has 1 saturated carbocycles. The fourth-order valence-electron chi connectivity index (χ4n) is 2.58. The Kier molecular flexibility index (Phi) is 5.34. The second-order valence-corrected chi connectivity index (χ2v) is 7.55. The molecule has 4 rings (SSSR count). The maximum absolute atomic E-state index is 6.08. The van der Waals surface area contributed by atoms with E-state index in [4.69, 9.17) is 39.6 Å². The molecular weight excluding hydrogens is 407 g/mol. The molecule has 1 heterocycles. The second kappa shape index (κ2) is 7.89. The van der Waals surface area contributed by atoms with Gasteiger partial charge in [-0.1, -0.05) is 57.3 Å². The summed E-state index contributed by atoms with van der Waals surface area (Å²) < 4.78 is 1.65. The molecular formula is C19H15Cl3N4O. The van der Waals surface area contributed by atoms with Gasteiger partial charge in [-0.25, -0.2) is 4.68 Å². The van der Waals surface area contributed by atoms with Gasteiger partial charge in [-0.3, -0.25) is 0 Å². The molecule has 1 aromatic heterocycles. The number of oxime groups is 1. The van der Waals surface area contributed by atoms with Gasteiger partial charge >= 0.3 is 0 Å². The minimum absolute atomic E-state index is 0.356. The molecule has 138 valence electrons. The highest BCUT2D eigenvalue weighted by molar-refractivity contribution is 6.42. The predicted octanol–water partition coefficient (Wildman–Crippen LogP) is 5.56. The molecule has 0 unspecified atom stereocenters. The van der Waals surface area contributed by atoms with E-state index in [-0.39, 0.29) is 0 Å². The number of rotatable bonds is 6.